The summed E-state index contributed by atoms with van der Waals surface area (Å²) in [6.45, 7) is 5.55. The second-order valence-corrected chi connectivity index (χ2v) is 6.48. The zero-order chi connectivity index (χ0) is 15.6. The fraction of sp³-hybridized carbons (Fsp3) is 0.267. The van der Waals surface area contributed by atoms with Crippen molar-refractivity contribution in [3.8, 4) is 0 Å². The highest BCUT2D eigenvalue weighted by atomic mass is 35.5. The van der Waals surface area contributed by atoms with Gasteiger partial charge in [0.25, 0.3) is 0 Å². The summed E-state index contributed by atoms with van der Waals surface area (Å²) in [6, 6.07) is 5.12. The zero-order valence-corrected chi connectivity index (χ0v) is 13.5. The molecule has 1 heterocycles. The van der Waals surface area contributed by atoms with Gasteiger partial charge in [-0.2, -0.15) is 5.10 Å². The fourth-order valence-electron chi connectivity index (χ4n) is 1.75. The first-order valence-corrected chi connectivity index (χ1v) is 7.12. The number of nitrogens with one attached hydrogen (secondary N) is 1. The molecule has 0 saturated heterocycles. The number of H-pyrrole nitrogens is 1. The molecule has 0 atom stereocenters. The quantitative estimate of drug-likeness (QED) is 0.858. The van der Waals surface area contributed by atoms with E-state index in [4.69, 9.17) is 23.2 Å². The third-order valence-corrected chi connectivity index (χ3v) is 3.42. The lowest BCUT2D eigenvalue weighted by molar-refractivity contribution is -0.120. The molecule has 6 heteroatoms. The lowest BCUT2D eigenvalue weighted by Gasteiger charge is -2.18. The molecule has 2 aromatic rings. The molecule has 0 aliphatic rings. The molecule has 1 N–H and O–H groups in total. The Morgan fingerprint density at radius 1 is 1.29 bits per heavy atom. The molecule has 2 rings (SSSR count). The van der Waals surface area contributed by atoms with E-state index in [1.165, 1.54) is 6.33 Å². The van der Waals surface area contributed by atoms with Crippen molar-refractivity contribution in [3.63, 3.8) is 0 Å². The number of carbonyl (C=O) groups excluding carboxylic acids is 1. The van der Waals surface area contributed by atoms with Crippen LogP contribution < -0.4 is 0 Å². The van der Waals surface area contributed by atoms with Gasteiger partial charge in [0.05, 0.1) is 5.57 Å². The van der Waals surface area contributed by atoms with Crippen molar-refractivity contribution in [1.29, 1.82) is 0 Å². The van der Waals surface area contributed by atoms with Gasteiger partial charge in [-0.25, -0.2) is 4.98 Å². The summed E-state index contributed by atoms with van der Waals surface area (Å²) in [6.07, 6.45) is 3.06. The van der Waals surface area contributed by atoms with Crippen LogP contribution in [0.25, 0.3) is 11.6 Å². The van der Waals surface area contributed by atoms with E-state index in [1.807, 2.05) is 20.8 Å². The van der Waals surface area contributed by atoms with Crippen LogP contribution in [0.2, 0.25) is 10.0 Å². The second-order valence-electron chi connectivity index (χ2n) is 5.64. The molecular formula is C15H15Cl2N3O. The van der Waals surface area contributed by atoms with Crippen LogP contribution in [0.3, 0.4) is 0 Å². The van der Waals surface area contributed by atoms with Gasteiger partial charge < -0.3 is 0 Å². The van der Waals surface area contributed by atoms with Crippen LogP contribution in [0.5, 0.6) is 0 Å². The topological polar surface area (TPSA) is 58.6 Å². The van der Waals surface area contributed by atoms with Crippen LogP contribution in [0, 0.1) is 5.41 Å². The van der Waals surface area contributed by atoms with E-state index in [2.05, 4.69) is 15.2 Å². The number of halogens is 2. The minimum Gasteiger partial charge on any atom is -0.293 e. The Morgan fingerprint density at radius 3 is 2.52 bits per heavy atom. The standard InChI is InChI=1S/C15H15Cl2N3O/c1-15(2,3)13(21)11(14-18-8-19-20-14)6-9-4-5-10(16)7-12(9)17/h4-8H,1-3H3,(H,18,19,20)/b11-6-. The van der Waals surface area contributed by atoms with Gasteiger partial charge in [0.15, 0.2) is 11.6 Å². The number of Topliss-reactive ketones (excluding diaryl/α,β-unsaturated/α-hetero) is 1. The van der Waals surface area contributed by atoms with Crippen molar-refractivity contribution < 1.29 is 4.79 Å². The number of aromatic amines is 1. The Kier molecular flexibility index (Phi) is 4.49. The normalized spacial score (nSPS) is 12.5. The predicted molar refractivity (Wildman–Crippen MR) is 85.2 cm³/mol. The Morgan fingerprint density at radius 2 is 2.00 bits per heavy atom. The summed E-state index contributed by atoms with van der Waals surface area (Å²) in [4.78, 5) is 16.7. The minimum absolute atomic E-state index is 0.0507. The van der Waals surface area contributed by atoms with Crippen LogP contribution in [0.15, 0.2) is 24.5 Å². The average Bonchev–Trinajstić information content (AvgIpc) is 2.90. The van der Waals surface area contributed by atoms with E-state index in [0.29, 0.717) is 27.0 Å². The number of allylic oxidation sites excluding steroid dienone is 1. The molecule has 0 aliphatic heterocycles. The number of ketones is 1. The first kappa shape index (κ1) is 15.7. The van der Waals surface area contributed by atoms with E-state index in [-0.39, 0.29) is 5.78 Å². The highest BCUT2D eigenvalue weighted by Crippen LogP contribution is 2.29. The molecule has 0 spiro atoms. The SMILES string of the molecule is CC(C)(C)C(=O)/C(=C/c1ccc(Cl)cc1Cl)c1ncn[nH]1. The number of benzene rings is 1. The van der Waals surface area contributed by atoms with Crippen LogP contribution in [-0.2, 0) is 4.79 Å². The largest absolute Gasteiger partial charge is 0.293 e. The number of rotatable bonds is 3. The number of hydrogen-bond acceptors (Lipinski definition) is 3. The number of carbonyl (C=O) groups is 1. The van der Waals surface area contributed by atoms with Crippen LogP contribution in [0.4, 0.5) is 0 Å². The fourth-order valence-corrected chi connectivity index (χ4v) is 2.22. The van der Waals surface area contributed by atoms with Crippen molar-refractivity contribution in [2.24, 2.45) is 5.41 Å². The van der Waals surface area contributed by atoms with Gasteiger partial charge in [0.1, 0.15) is 6.33 Å². The van der Waals surface area contributed by atoms with Gasteiger partial charge in [-0.1, -0.05) is 50.0 Å². The van der Waals surface area contributed by atoms with Gasteiger partial charge in [0.2, 0.25) is 0 Å². The zero-order valence-electron chi connectivity index (χ0n) is 11.9. The van der Waals surface area contributed by atoms with Crippen molar-refractivity contribution >= 4 is 40.6 Å². The summed E-state index contributed by atoms with van der Waals surface area (Å²) in [5, 5.41) is 7.54. The first-order chi connectivity index (χ1) is 9.79. The Hall–Kier alpha value is -1.65. The van der Waals surface area contributed by atoms with E-state index < -0.39 is 5.41 Å². The average molecular weight is 324 g/mol. The van der Waals surface area contributed by atoms with Crippen molar-refractivity contribution in [2.45, 2.75) is 20.8 Å². The van der Waals surface area contributed by atoms with Gasteiger partial charge >= 0.3 is 0 Å². The molecule has 0 saturated carbocycles. The van der Waals surface area contributed by atoms with Crippen LogP contribution in [0.1, 0.15) is 32.2 Å². The summed E-state index contributed by atoms with van der Waals surface area (Å²) < 4.78 is 0. The van der Waals surface area contributed by atoms with Gasteiger partial charge in [-0.3, -0.25) is 9.89 Å². The molecule has 0 radical (unpaired) electrons. The minimum atomic E-state index is -0.544. The molecule has 0 unspecified atom stereocenters. The number of aromatic nitrogens is 3. The third-order valence-electron chi connectivity index (χ3n) is 2.86. The summed E-state index contributed by atoms with van der Waals surface area (Å²) in [7, 11) is 0. The maximum absolute atomic E-state index is 12.6. The number of nitrogens with zero attached hydrogens (tertiary/aromatic N) is 2. The molecule has 1 aromatic carbocycles. The van der Waals surface area contributed by atoms with E-state index >= 15 is 0 Å². The van der Waals surface area contributed by atoms with E-state index in [1.54, 1.807) is 24.3 Å². The van der Waals surface area contributed by atoms with Gasteiger partial charge in [-0.15, -0.1) is 0 Å². The highest BCUT2D eigenvalue weighted by molar-refractivity contribution is 6.36. The summed E-state index contributed by atoms with van der Waals surface area (Å²) in [5.74, 6) is 0.367. The summed E-state index contributed by atoms with van der Waals surface area (Å²) >= 11 is 12.1. The first-order valence-electron chi connectivity index (χ1n) is 6.36. The monoisotopic (exact) mass is 323 g/mol. The molecule has 0 aliphatic carbocycles. The molecule has 0 bridgehead atoms. The van der Waals surface area contributed by atoms with Gasteiger partial charge in [-0.05, 0) is 23.8 Å². The third kappa shape index (κ3) is 3.71. The molecule has 0 fully saturated rings. The van der Waals surface area contributed by atoms with Crippen LogP contribution >= 0.6 is 23.2 Å². The Labute approximate surface area is 133 Å². The van der Waals surface area contributed by atoms with E-state index in [0.717, 1.165) is 0 Å². The Bertz CT molecular complexity index is 685. The van der Waals surface area contributed by atoms with Crippen molar-refractivity contribution in [3.05, 3.63) is 46.0 Å². The predicted octanol–water partition coefficient (Wildman–Crippen LogP) is 4.27. The Balaban J connectivity index is 2.55. The maximum atomic E-state index is 12.6. The molecule has 4 nitrogen and oxygen atoms in total. The second kappa shape index (κ2) is 6.00. The van der Waals surface area contributed by atoms with Crippen molar-refractivity contribution in [1.82, 2.24) is 15.2 Å². The van der Waals surface area contributed by atoms with Crippen molar-refractivity contribution in [2.75, 3.05) is 0 Å². The number of hydrogen-bond donors (Lipinski definition) is 1. The molecule has 110 valence electrons. The highest BCUT2D eigenvalue weighted by Gasteiger charge is 2.27. The summed E-state index contributed by atoms with van der Waals surface area (Å²) in [5.41, 5.74) is 0.589. The van der Waals surface area contributed by atoms with Gasteiger partial charge in [0, 0.05) is 15.5 Å². The molecule has 0 amide bonds. The maximum Gasteiger partial charge on any atom is 0.171 e. The molecular weight excluding hydrogens is 309 g/mol. The molecule has 21 heavy (non-hydrogen) atoms. The van der Waals surface area contributed by atoms with E-state index in [9.17, 15) is 4.79 Å². The van der Waals surface area contributed by atoms with Crippen LogP contribution in [-0.4, -0.2) is 21.0 Å². The smallest absolute Gasteiger partial charge is 0.171 e. The lowest BCUT2D eigenvalue weighted by Crippen LogP contribution is -2.21. The molecule has 1 aromatic heterocycles. The lowest BCUT2D eigenvalue weighted by atomic mass is 9.85.